The Hall–Kier alpha value is -2.85. The Morgan fingerprint density at radius 2 is 1.78 bits per heavy atom. The van der Waals surface area contributed by atoms with Crippen molar-refractivity contribution in [3.8, 4) is 5.75 Å². The third kappa shape index (κ3) is 3.17. The van der Waals surface area contributed by atoms with E-state index in [9.17, 15) is 9.90 Å². The molecule has 0 unspecified atom stereocenters. The van der Waals surface area contributed by atoms with E-state index >= 15 is 0 Å². The summed E-state index contributed by atoms with van der Waals surface area (Å²) < 4.78 is 0. The first-order valence-corrected chi connectivity index (χ1v) is 7.33. The summed E-state index contributed by atoms with van der Waals surface area (Å²) in [6.07, 6.45) is 1.46. The molecule has 3 rings (SSSR count). The maximum atomic E-state index is 12.2. The molecule has 0 aliphatic heterocycles. The van der Waals surface area contributed by atoms with Crippen LogP contribution in [0.3, 0.4) is 0 Å². The summed E-state index contributed by atoms with van der Waals surface area (Å²) in [5.74, 6) is -0.551. The highest BCUT2D eigenvalue weighted by Gasteiger charge is 2.12. The molecule has 3 aromatic rings. The Bertz CT molecular complexity index is 906. The Morgan fingerprint density at radius 1 is 1.04 bits per heavy atom. The van der Waals surface area contributed by atoms with Crippen LogP contribution < -0.4 is 5.43 Å². The number of carbonyl (C=O) groups excluding carboxylic acids is 1. The molecule has 5 heteroatoms. The summed E-state index contributed by atoms with van der Waals surface area (Å²) in [6.45, 7) is 0. The zero-order valence-corrected chi connectivity index (χ0v) is 12.8. The van der Waals surface area contributed by atoms with E-state index in [1.807, 2.05) is 24.3 Å². The topological polar surface area (TPSA) is 61.7 Å². The number of hydrogen-bond donors (Lipinski definition) is 2. The number of rotatable bonds is 3. The minimum absolute atomic E-state index is 0.0615. The fourth-order valence-corrected chi connectivity index (χ4v) is 2.42. The van der Waals surface area contributed by atoms with Gasteiger partial charge in [-0.2, -0.15) is 5.10 Å². The van der Waals surface area contributed by atoms with Gasteiger partial charge in [-0.1, -0.05) is 60.1 Å². The van der Waals surface area contributed by atoms with Crippen LogP contribution in [0.25, 0.3) is 10.8 Å². The maximum Gasteiger partial charge on any atom is 0.275 e. The molecule has 0 saturated heterocycles. The third-order valence-corrected chi connectivity index (χ3v) is 3.76. The predicted octanol–water partition coefficient (Wildman–Crippen LogP) is 3.96. The average Bonchev–Trinajstić information content (AvgIpc) is 2.57. The SMILES string of the molecule is O=C(N/N=C/c1ccccc1Cl)c1ccc2ccccc2c1O. The van der Waals surface area contributed by atoms with Gasteiger partial charge in [0.2, 0.25) is 0 Å². The maximum absolute atomic E-state index is 12.2. The molecule has 0 atom stereocenters. The summed E-state index contributed by atoms with van der Waals surface area (Å²) in [5, 5.41) is 16.1. The molecule has 114 valence electrons. The van der Waals surface area contributed by atoms with Crippen LogP contribution in [0.15, 0.2) is 65.8 Å². The van der Waals surface area contributed by atoms with Crippen molar-refractivity contribution in [1.82, 2.24) is 5.43 Å². The van der Waals surface area contributed by atoms with Gasteiger partial charge in [0.05, 0.1) is 11.8 Å². The van der Waals surface area contributed by atoms with Gasteiger partial charge in [-0.25, -0.2) is 5.43 Å². The molecular formula is C18H13ClN2O2. The van der Waals surface area contributed by atoms with Crippen molar-refractivity contribution in [2.45, 2.75) is 0 Å². The predicted molar refractivity (Wildman–Crippen MR) is 92.1 cm³/mol. The van der Waals surface area contributed by atoms with Crippen LogP contribution in [0.2, 0.25) is 5.02 Å². The second-order valence-electron chi connectivity index (χ2n) is 4.90. The van der Waals surface area contributed by atoms with E-state index in [0.29, 0.717) is 16.0 Å². The van der Waals surface area contributed by atoms with Gasteiger partial charge in [0.1, 0.15) is 5.75 Å². The standard InChI is InChI=1S/C18H13ClN2O2/c19-16-8-4-2-6-13(16)11-20-21-18(23)15-10-9-12-5-1-3-7-14(12)17(15)22/h1-11,22H,(H,21,23)/b20-11+. The number of nitrogens with one attached hydrogen (secondary N) is 1. The van der Waals surface area contributed by atoms with E-state index in [0.717, 1.165) is 5.39 Å². The largest absolute Gasteiger partial charge is 0.506 e. The van der Waals surface area contributed by atoms with Crippen molar-refractivity contribution < 1.29 is 9.90 Å². The number of amides is 1. The van der Waals surface area contributed by atoms with Gasteiger partial charge in [0.15, 0.2) is 0 Å². The average molecular weight is 325 g/mol. The lowest BCUT2D eigenvalue weighted by molar-refractivity contribution is 0.0952. The first-order chi connectivity index (χ1) is 11.2. The Kier molecular flexibility index (Phi) is 4.26. The van der Waals surface area contributed by atoms with Gasteiger partial charge >= 0.3 is 0 Å². The van der Waals surface area contributed by atoms with E-state index < -0.39 is 5.91 Å². The fraction of sp³-hybridized carbons (Fsp3) is 0. The molecule has 0 saturated carbocycles. The van der Waals surface area contributed by atoms with Crippen LogP contribution >= 0.6 is 11.6 Å². The number of carbonyl (C=O) groups is 1. The molecule has 3 aromatic carbocycles. The molecule has 0 fully saturated rings. The lowest BCUT2D eigenvalue weighted by Gasteiger charge is -2.06. The zero-order valence-electron chi connectivity index (χ0n) is 12.0. The highest BCUT2D eigenvalue weighted by atomic mass is 35.5. The van der Waals surface area contributed by atoms with Gasteiger partial charge in [0, 0.05) is 16.0 Å². The molecule has 23 heavy (non-hydrogen) atoms. The summed E-state index contributed by atoms with van der Waals surface area (Å²) in [6, 6.07) is 17.8. The van der Waals surface area contributed by atoms with Gasteiger partial charge in [-0.3, -0.25) is 4.79 Å². The molecule has 0 heterocycles. The molecule has 4 nitrogen and oxygen atoms in total. The van der Waals surface area contributed by atoms with Crippen LogP contribution in [0.5, 0.6) is 5.75 Å². The number of phenolic OH excluding ortho intramolecular Hbond substituents is 1. The summed E-state index contributed by atoms with van der Waals surface area (Å²) in [5.41, 5.74) is 3.25. The summed E-state index contributed by atoms with van der Waals surface area (Å²) in [7, 11) is 0. The summed E-state index contributed by atoms with van der Waals surface area (Å²) >= 11 is 6.00. The monoisotopic (exact) mass is 324 g/mol. The van der Waals surface area contributed by atoms with E-state index in [-0.39, 0.29) is 11.3 Å². The molecule has 2 N–H and O–H groups in total. The van der Waals surface area contributed by atoms with Crippen LogP contribution in [-0.4, -0.2) is 17.2 Å². The molecule has 0 spiro atoms. The zero-order chi connectivity index (χ0) is 16.2. The van der Waals surface area contributed by atoms with Crippen molar-refractivity contribution in [2.75, 3.05) is 0 Å². The van der Waals surface area contributed by atoms with Crippen molar-refractivity contribution in [3.63, 3.8) is 0 Å². The number of benzene rings is 3. The van der Waals surface area contributed by atoms with Crippen molar-refractivity contribution in [1.29, 1.82) is 0 Å². The highest BCUT2D eigenvalue weighted by Crippen LogP contribution is 2.28. The van der Waals surface area contributed by atoms with Gasteiger partial charge in [0.25, 0.3) is 5.91 Å². The van der Waals surface area contributed by atoms with Gasteiger partial charge in [-0.15, -0.1) is 0 Å². The van der Waals surface area contributed by atoms with Crippen LogP contribution in [0.4, 0.5) is 0 Å². The Labute approximate surface area is 138 Å². The smallest absolute Gasteiger partial charge is 0.275 e. The lowest BCUT2D eigenvalue weighted by atomic mass is 10.1. The van der Waals surface area contributed by atoms with Crippen molar-refractivity contribution in [3.05, 3.63) is 76.8 Å². The minimum atomic E-state index is -0.489. The summed E-state index contributed by atoms with van der Waals surface area (Å²) in [4.78, 5) is 12.2. The second-order valence-corrected chi connectivity index (χ2v) is 5.31. The van der Waals surface area contributed by atoms with E-state index in [1.165, 1.54) is 6.21 Å². The number of halogens is 1. The molecule has 0 aromatic heterocycles. The molecule has 0 aliphatic rings. The normalized spacial score (nSPS) is 11.0. The van der Waals surface area contributed by atoms with Crippen molar-refractivity contribution >= 4 is 34.5 Å². The van der Waals surface area contributed by atoms with E-state index in [4.69, 9.17) is 11.6 Å². The molecule has 0 radical (unpaired) electrons. The highest BCUT2D eigenvalue weighted by molar-refractivity contribution is 6.33. The molecule has 0 aliphatic carbocycles. The van der Waals surface area contributed by atoms with Crippen LogP contribution in [0, 0.1) is 0 Å². The van der Waals surface area contributed by atoms with Gasteiger partial charge < -0.3 is 5.11 Å². The Balaban J connectivity index is 1.81. The van der Waals surface area contributed by atoms with Gasteiger partial charge in [-0.05, 0) is 17.5 Å². The Morgan fingerprint density at radius 3 is 2.61 bits per heavy atom. The number of aromatic hydroxyl groups is 1. The molecule has 0 bridgehead atoms. The number of hydrogen-bond acceptors (Lipinski definition) is 3. The van der Waals surface area contributed by atoms with E-state index in [2.05, 4.69) is 10.5 Å². The third-order valence-electron chi connectivity index (χ3n) is 3.42. The fourth-order valence-electron chi connectivity index (χ4n) is 2.24. The lowest BCUT2D eigenvalue weighted by Crippen LogP contribution is -2.17. The quantitative estimate of drug-likeness (QED) is 0.566. The van der Waals surface area contributed by atoms with Crippen molar-refractivity contribution in [2.24, 2.45) is 5.10 Å². The minimum Gasteiger partial charge on any atom is -0.506 e. The van der Waals surface area contributed by atoms with Crippen LogP contribution in [-0.2, 0) is 0 Å². The second kappa shape index (κ2) is 6.50. The number of phenols is 1. The number of fused-ring (bicyclic) bond motifs is 1. The molecular weight excluding hydrogens is 312 g/mol. The number of hydrazone groups is 1. The first-order valence-electron chi connectivity index (χ1n) is 6.95. The first kappa shape index (κ1) is 15.1. The van der Waals surface area contributed by atoms with Crippen LogP contribution in [0.1, 0.15) is 15.9 Å². The number of nitrogens with zero attached hydrogens (tertiary/aromatic N) is 1. The van der Waals surface area contributed by atoms with E-state index in [1.54, 1.807) is 36.4 Å². The molecule has 1 amide bonds.